The molecule has 3 aromatic rings. The van der Waals surface area contributed by atoms with E-state index in [9.17, 15) is 10.1 Å². The van der Waals surface area contributed by atoms with Gasteiger partial charge in [0.25, 0.3) is 5.91 Å². The Balaban J connectivity index is 1.83. The number of hydrogen-bond acceptors (Lipinski definition) is 4. The van der Waals surface area contributed by atoms with Gasteiger partial charge in [0.15, 0.2) is 11.5 Å². The molecule has 0 spiro atoms. The first-order chi connectivity index (χ1) is 15.8. The smallest absolute Gasteiger partial charge is 0.266 e. The van der Waals surface area contributed by atoms with Crippen LogP contribution in [0.25, 0.3) is 6.08 Å². The lowest BCUT2D eigenvalue weighted by Gasteiger charge is -2.14. The summed E-state index contributed by atoms with van der Waals surface area (Å²) < 4.78 is 13.5. The van der Waals surface area contributed by atoms with Crippen molar-refractivity contribution in [2.45, 2.75) is 13.5 Å². The van der Waals surface area contributed by atoms with E-state index in [1.165, 1.54) is 6.08 Å². The fourth-order valence-electron chi connectivity index (χ4n) is 2.95. The molecular weight excluding hydrogens is 666 g/mol. The minimum absolute atomic E-state index is 0.0419. The Bertz CT molecular complexity index is 1250. The predicted octanol–water partition coefficient (Wildman–Crippen LogP) is 6.99. The molecule has 5 nitrogen and oxygen atoms in total. The van der Waals surface area contributed by atoms with Gasteiger partial charge in [0, 0.05) is 14.3 Å². The van der Waals surface area contributed by atoms with Gasteiger partial charge in [0.1, 0.15) is 18.2 Å². The van der Waals surface area contributed by atoms with E-state index >= 15 is 0 Å². The fraction of sp³-hybridized carbons (Fsp3) is 0.120. The number of ether oxygens (including phenoxy) is 2. The third kappa shape index (κ3) is 6.62. The number of rotatable bonds is 7. The molecule has 0 saturated carbocycles. The van der Waals surface area contributed by atoms with Crippen LogP contribution in [0.1, 0.15) is 16.7 Å². The summed E-state index contributed by atoms with van der Waals surface area (Å²) in [6.07, 6.45) is 1.52. The van der Waals surface area contributed by atoms with Gasteiger partial charge in [0.2, 0.25) is 0 Å². The summed E-state index contributed by atoms with van der Waals surface area (Å²) >= 11 is 10.5. The van der Waals surface area contributed by atoms with Crippen molar-refractivity contribution in [2.24, 2.45) is 0 Å². The van der Waals surface area contributed by atoms with Crippen molar-refractivity contribution in [3.8, 4) is 17.6 Å². The SMILES string of the molecule is COc1cc(/C=C(/C#N)C(=O)Nc2cccc(Cl)c2C)cc(I)c1OCc1ccc(I)cc1. The number of carbonyl (C=O) groups is 1. The van der Waals surface area contributed by atoms with Crippen molar-refractivity contribution in [3.63, 3.8) is 0 Å². The molecule has 0 aromatic heterocycles. The van der Waals surface area contributed by atoms with Crippen LogP contribution in [0.3, 0.4) is 0 Å². The van der Waals surface area contributed by atoms with Crippen LogP contribution in [0, 0.1) is 25.4 Å². The first kappa shape index (κ1) is 25.3. The molecule has 33 heavy (non-hydrogen) atoms. The highest BCUT2D eigenvalue weighted by Crippen LogP contribution is 2.35. The minimum atomic E-state index is -0.518. The van der Waals surface area contributed by atoms with Gasteiger partial charge in [-0.15, -0.1) is 0 Å². The van der Waals surface area contributed by atoms with Crippen LogP contribution in [0.5, 0.6) is 11.5 Å². The monoisotopic (exact) mass is 684 g/mol. The fourth-order valence-corrected chi connectivity index (χ4v) is 4.26. The van der Waals surface area contributed by atoms with Crippen LogP contribution in [0.2, 0.25) is 5.02 Å². The van der Waals surface area contributed by atoms with Crippen LogP contribution in [-0.4, -0.2) is 13.0 Å². The maximum Gasteiger partial charge on any atom is 0.266 e. The third-order valence-electron chi connectivity index (χ3n) is 4.74. The van der Waals surface area contributed by atoms with Gasteiger partial charge in [-0.3, -0.25) is 4.79 Å². The molecule has 0 fully saturated rings. The quantitative estimate of drug-likeness (QED) is 0.166. The molecule has 0 aliphatic rings. The number of nitrogens with one attached hydrogen (secondary N) is 1. The largest absolute Gasteiger partial charge is 0.493 e. The Kier molecular flexibility index (Phi) is 9.00. The zero-order chi connectivity index (χ0) is 24.0. The highest BCUT2D eigenvalue weighted by atomic mass is 127. The van der Waals surface area contributed by atoms with Crippen molar-refractivity contribution in [2.75, 3.05) is 12.4 Å². The number of nitriles is 1. The summed E-state index contributed by atoms with van der Waals surface area (Å²) in [5, 5.41) is 12.9. The zero-order valence-corrected chi connectivity index (χ0v) is 22.9. The average molecular weight is 685 g/mol. The second-order valence-corrected chi connectivity index (χ2v) is 9.80. The first-order valence-electron chi connectivity index (χ1n) is 9.75. The van der Waals surface area contributed by atoms with Crippen LogP contribution >= 0.6 is 56.8 Å². The second kappa shape index (κ2) is 11.7. The maximum atomic E-state index is 12.7. The number of methoxy groups -OCH3 is 1. The number of benzene rings is 3. The van der Waals surface area contributed by atoms with Gasteiger partial charge in [-0.2, -0.15) is 5.26 Å². The molecule has 0 aliphatic heterocycles. The number of anilines is 1. The summed E-state index contributed by atoms with van der Waals surface area (Å²) in [4.78, 5) is 12.7. The summed E-state index contributed by atoms with van der Waals surface area (Å²) in [7, 11) is 1.55. The van der Waals surface area contributed by atoms with Gasteiger partial charge in [-0.05, 0) is 111 Å². The Morgan fingerprint density at radius 2 is 1.91 bits per heavy atom. The minimum Gasteiger partial charge on any atom is -0.493 e. The Morgan fingerprint density at radius 1 is 1.18 bits per heavy atom. The van der Waals surface area contributed by atoms with Crippen LogP contribution < -0.4 is 14.8 Å². The van der Waals surface area contributed by atoms with Crippen molar-refractivity contribution in [1.82, 2.24) is 0 Å². The zero-order valence-electron chi connectivity index (χ0n) is 17.8. The lowest BCUT2D eigenvalue weighted by Crippen LogP contribution is -2.14. The van der Waals surface area contributed by atoms with E-state index in [0.29, 0.717) is 34.4 Å². The second-order valence-electron chi connectivity index (χ2n) is 6.99. The Hall–Kier alpha value is -2.29. The maximum absolute atomic E-state index is 12.7. The summed E-state index contributed by atoms with van der Waals surface area (Å²) in [5.74, 6) is 0.601. The van der Waals surface area contributed by atoms with E-state index in [4.69, 9.17) is 21.1 Å². The molecule has 168 valence electrons. The summed E-state index contributed by atoms with van der Waals surface area (Å²) in [5.41, 5.74) is 2.93. The summed E-state index contributed by atoms with van der Waals surface area (Å²) in [6.45, 7) is 2.19. The van der Waals surface area contributed by atoms with Crippen molar-refractivity contribution < 1.29 is 14.3 Å². The molecule has 0 heterocycles. The van der Waals surface area contributed by atoms with E-state index in [1.54, 1.807) is 38.3 Å². The van der Waals surface area contributed by atoms with E-state index in [-0.39, 0.29) is 5.57 Å². The number of amides is 1. The molecule has 0 atom stereocenters. The van der Waals surface area contributed by atoms with E-state index < -0.39 is 5.91 Å². The van der Waals surface area contributed by atoms with Crippen molar-refractivity contribution >= 4 is 74.5 Å². The molecule has 0 saturated heterocycles. The standard InChI is InChI=1S/C25H19ClI2N2O3/c1-15-20(26)4-3-5-22(15)30-25(31)18(13-29)10-17-11-21(28)24(23(12-17)32-2)33-14-16-6-8-19(27)9-7-16/h3-12H,14H2,1-2H3,(H,30,31)/b18-10-. The number of halogens is 3. The van der Waals surface area contributed by atoms with Gasteiger partial charge in [-0.25, -0.2) is 0 Å². The van der Waals surface area contributed by atoms with Crippen molar-refractivity contribution in [3.05, 3.63) is 89.0 Å². The average Bonchev–Trinajstić information content (AvgIpc) is 2.80. The Labute approximate surface area is 225 Å². The van der Waals surface area contributed by atoms with Crippen LogP contribution in [-0.2, 0) is 11.4 Å². The molecule has 0 radical (unpaired) electrons. The lowest BCUT2D eigenvalue weighted by atomic mass is 10.1. The molecule has 8 heteroatoms. The van der Waals surface area contributed by atoms with Crippen molar-refractivity contribution in [1.29, 1.82) is 5.26 Å². The molecule has 3 aromatic carbocycles. The molecule has 0 aliphatic carbocycles. The lowest BCUT2D eigenvalue weighted by molar-refractivity contribution is -0.112. The summed E-state index contributed by atoms with van der Waals surface area (Å²) in [6, 6.07) is 18.8. The molecule has 3 rings (SSSR count). The Morgan fingerprint density at radius 3 is 2.58 bits per heavy atom. The topological polar surface area (TPSA) is 71.3 Å². The molecule has 1 amide bonds. The van der Waals surface area contributed by atoms with Crippen LogP contribution in [0.4, 0.5) is 5.69 Å². The van der Waals surface area contributed by atoms with Crippen LogP contribution in [0.15, 0.2) is 60.2 Å². The molecule has 0 unspecified atom stereocenters. The first-order valence-corrected chi connectivity index (χ1v) is 12.3. The number of hydrogen-bond donors (Lipinski definition) is 1. The molecule has 0 bridgehead atoms. The van der Waals surface area contributed by atoms with Gasteiger partial charge < -0.3 is 14.8 Å². The predicted molar refractivity (Wildman–Crippen MR) is 148 cm³/mol. The van der Waals surface area contributed by atoms with Gasteiger partial charge in [0.05, 0.1) is 10.7 Å². The van der Waals surface area contributed by atoms with E-state index in [2.05, 4.69) is 50.5 Å². The normalized spacial score (nSPS) is 11.0. The highest BCUT2D eigenvalue weighted by Gasteiger charge is 2.15. The van der Waals surface area contributed by atoms with Gasteiger partial charge in [-0.1, -0.05) is 29.8 Å². The van der Waals surface area contributed by atoms with E-state index in [0.717, 1.165) is 18.3 Å². The van der Waals surface area contributed by atoms with Gasteiger partial charge >= 0.3 is 0 Å². The number of nitrogens with zero attached hydrogens (tertiary/aromatic N) is 1. The third-order valence-corrected chi connectivity index (χ3v) is 6.67. The molecular formula is C25H19ClI2N2O3. The highest BCUT2D eigenvalue weighted by molar-refractivity contribution is 14.1. The molecule has 1 N–H and O–H groups in total. The number of carbonyl (C=O) groups excluding carboxylic acids is 1. The van der Waals surface area contributed by atoms with E-state index in [1.807, 2.05) is 36.4 Å².